The Kier molecular flexibility index (Phi) is 5.78. The molecule has 0 saturated carbocycles. The summed E-state index contributed by atoms with van der Waals surface area (Å²) in [5, 5.41) is 6.65. The van der Waals surface area contributed by atoms with Crippen molar-refractivity contribution in [3.8, 4) is 0 Å². The van der Waals surface area contributed by atoms with Crippen LogP contribution in [0.4, 0.5) is 10.1 Å². The number of benzene rings is 1. The summed E-state index contributed by atoms with van der Waals surface area (Å²) in [5.41, 5.74) is 1.19. The van der Waals surface area contributed by atoms with Gasteiger partial charge in [-0.15, -0.1) is 0 Å². The summed E-state index contributed by atoms with van der Waals surface area (Å²) in [6.07, 6.45) is 0.358. The number of carbonyl (C=O) groups excluding carboxylic acids is 1. The zero-order valence-corrected chi connectivity index (χ0v) is 14.4. The van der Waals surface area contributed by atoms with Gasteiger partial charge in [-0.1, -0.05) is 17.3 Å². The smallest absolute Gasteiger partial charge is 0.225 e. The molecule has 0 radical (unpaired) electrons. The van der Waals surface area contributed by atoms with Gasteiger partial charge in [-0.3, -0.25) is 9.69 Å². The molecule has 0 atom stereocenters. The predicted octanol–water partition coefficient (Wildman–Crippen LogP) is 2.27. The number of halogens is 1. The Morgan fingerprint density at radius 1 is 1.24 bits per heavy atom. The molecule has 134 valence electrons. The van der Waals surface area contributed by atoms with Gasteiger partial charge in [-0.25, -0.2) is 4.39 Å². The van der Waals surface area contributed by atoms with Crippen molar-refractivity contribution in [2.45, 2.75) is 19.9 Å². The molecule has 1 aromatic carbocycles. The van der Waals surface area contributed by atoms with Gasteiger partial charge in [-0.2, -0.15) is 0 Å². The maximum absolute atomic E-state index is 13.5. The van der Waals surface area contributed by atoms with Crippen molar-refractivity contribution in [3.05, 3.63) is 47.6 Å². The number of nitrogens with one attached hydrogen (secondary N) is 1. The van der Waals surface area contributed by atoms with Gasteiger partial charge in [0.15, 0.2) is 0 Å². The Balaban J connectivity index is 1.37. The van der Waals surface area contributed by atoms with E-state index in [0.717, 1.165) is 44.2 Å². The highest BCUT2D eigenvalue weighted by Gasteiger charge is 2.18. The van der Waals surface area contributed by atoms with E-state index in [4.69, 9.17) is 4.52 Å². The SMILES string of the molecule is Cc1cc(CN2CCN(CCC(=O)Nc3ccccc3F)CC2)no1. The van der Waals surface area contributed by atoms with E-state index >= 15 is 0 Å². The quantitative estimate of drug-likeness (QED) is 0.869. The van der Waals surface area contributed by atoms with Crippen LogP contribution in [0.2, 0.25) is 0 Å². The van der Waals surface area contributed by atoms with Gasteiger partial charge >= 0.3 is 0 Å². The van der Waals surface area contributed by atoms with Crippen LogP contribution in [-0.4, -0.2) is 53.6 Å². The topological polar surface area (TPSA) is 61.6 Å². The van der Waals surface area contributed by atoms with Crippen molar-refractivity contribution in [1.29, 1.82) is 0 Å². The summed E-state index contributed by atoms with van der Waals surface area (Å²) < 4.78 is 18.6. The maximum atomic E-state index is 13.5. The zero-order chi connectivity index (χ0) is 17.6. The number of carbonyl (C=O) groups is 1. The fourth-order valence-corrected chi connectivity index (χ4v) is 2.93. The van der Waals surface area contributed by atoms with Crippen LogP contribution in [0.1, 0.15) is 17.9 Å². The van der Waals surface area contributed by atoms with Gasteiger partial charge in [0.05, 0.1) is 11.4 Å². The lowest BCUT2D eigenvalue weighted by Crippen LogP contribution is -2.46. The lowest BCUT2D eigenvalue weighted by atomic mass is 10.2. The van der Waals surface area contributed by atoms with Crippen LogP contribution in [0.25, 0.3) is 0 Å². The Morgan fingerprint density at radius 2 is 1.96 bits per heavy atom. The first kappa shape index (κ1) is 17.6. The van der Waals surface area contributed by atoms with Gasteiger partial charge in [0.25, 0.3) is 0 Å². The highest BCUT2D eigenvalue weighted by Crippen LogP contribution is 2.13. The van der Waals surface area contributed by atoms with Crippen LogP contribution in [0.3, 0.4) is 0 Å². The Morgan fingerprint density at radius 3 is 2.64 bits per heavy atom. The lowest BCUT2D eigenvalue weighted by molar-refractivity contribution is -0.116. The van der Waals surface area contributed by atoms with Crippen molar-refractivity contribution >= 4 is 11.6 Å². The van der Waals surface area contributed by atoms with Crippen molar-refractivity contribution in [1.82, 2.24) is 15.0 Å². The third kappa shape index (κ3) is 5.11. The van der Waals surface area contributed by atoms with E-state index < -0.39 is 5.82 Å². The average molecular weight is 346 g/mol. The van der Waals surface area contributed by atoms with Crippen LogP contribution in [0.15, 0.2) is 34.9 Å². The first-order chi connectivity index (χ1) is 12.1. The molecule has 2 heterocycles. The van der Waals surface area contributed by atoms with Crippen molar-refractivity contribution in [2.75, 3.05) is 38.0 Å². The fraction of sp³-hybridized carbons (Fsp3) is 0.444. The number of amides is 1. The maximum Gasteiger partial charge on any atom is 0.225 e. The minimum atomic E-state index is -0.410. The number of piperazine rings is 1. The van der Waals surface area contributed by atoms with Crippen molar-refractivity contribution in [2.24, 2.45) is 0 Å². The number of rotatable bonds is 6. The molecule has 1 aliphatic heterocycles. The van der Waals surface area contributed by atoms with Crippen LogP contribution < -0.4 is 5.32 Å². The Bertz CT molecular complexity index is 711. The monoisotopic (exact) mass is 346 g/mol. The normalized spacial score (nSPS) is 16.1. The number of aryl methyl sites for hydroxylation is 1. The largest absolute Gasteiger partial charge is 0.361 e. The molecule has 2 aromatic rings. The first-order valence-electron chi connectivity index (χ1n) is 8.51. The molecule has 6 nitrogen and oxygen atoms in total. The molecule has 25 heavy (non-hydrogen) atoms. The average Bonchev–Trinajstić information content (AvgIpc) is 3.01. The Labute approximate surface area is 146 Å². The summed E-state index contributed by atoms with van der Waals surface area (Å²) in [4.78, 5) is 16.6. The Hall–Kier alpha value is -2.25. The molecule has 0 spiro atoms. The van der Waals surface area contributed by atoms with Gasteiger partial charge in [-0.05, 0) is 19.1 Å². The molecule has 1 aliphatic rings. The molecule has 0 aliphatic carbocycles. The van der Waals surface area contributed by atoms with Crippen LogP contribution in [0, 0.1) is 12.7 Å². The molecule has 0 bridgehead atoms. The van der Waals surface area contributed by atoms with E-state index in [0.29, 0.717) is 13.0 Å². The van der Waals surface area contributed by atoms with E-state index in [2.05, 4.69) is 20.3 Å². The third-order valence-corrected chi connectivity index (χ3v) is 4.33. The van der Waals surface area contributed by atoms with Gasteiger partial charge in [0.2, 0.25) is 5.91 Å². The molecule has 7 heteroatoms. The molecule has 1 N–H and O–H groups in total. The molecular formula is C18H23FN4O2. The molecule has 0 unspecified atom stereocenters. The highest BCUT2D eigenvalue weighted by atomic mass is 19.1. The fourth-order valence-electron chi connectivity index (χ4n) is 2.93. The zero-order valence-electron chi connectivity index (χ0n) is 14.4. The molecule has 1 saturated heterocycles. The minimum absolute atomic E-state index is 0.161. The third-order valence-electron chi connectivity index (χ3n) is 4.33. The second-order valence-corrected chi connectivity index (χ2v) is 6.32. The summed E-state index contributed by atoms with van der Waals surface area (Å²) in [6, 6.07) is 8.17. The highest BCUT2D eigenvalue weighted by molar-refractivity contribution is 5.90. The van der Waals surface area contributed by atoms with Crippen molar-refractivity contribution < 1.29 is 13.7 Å². The lowest BCUT2D eigenvalue weighted by Gasteiger charge is -2.34. The molecule has 1 aromatic heterocycles. The predicted molar refractivity (Wildman–Crippen MR) is 92.6 cm³/mol. The number of aromatic nitrogens is 1. The molecule has 1 amide bonds. The number of hydrogen-bond donors (Lipinski definition) is 1. The number of anilines is 1. The van der Waals surface area contributed by atoms with E-state index in [1.54, 1.807) is 18.2 Å². The van der Waals surface area contributed by atoms with E-state index in [9.17, 15) is 9.18 Å². The number of hydrogen-bond acceptors (Lipinski definition) is 5. The molecular weight excluding hydrogens is 323 g/mol. The van der Waals surface area contributed by atoms with Gasteiger partial charge in [0, 0.05) is 51.8 Å². The first-order valence-corrected chi connectivity index (χ1v) is 8.51. The van der Waals surface area contributed by atoms with E-state index in [1.165, 1.54) is 6.07 Å². The molecule has 1 fully saturated rings. The van der Waals surface area contributed by atoms with E-state index in [1.807, 2.05) is 13.0 Å². The summed E-state index contributed by atoms with van der Waals surface area (Å²) in [5.74, 6) is 0.257. The van der Waals surface area contributed by atoms with Crippen LogP contribution in [-0.2, 0) is 11.3 Å². The molecule has 3 rings (SSSR count). The van der Waals surface area contributed by atoms with Gasteiger partial charge < -0.3 is 14.7 Å². The van der Waals surface area contributed by atoms with Crippen molar-refractivity contribution in [3.63, 3.8) is 0 Å². The number of nitrogens with zero attached hydrogens (tertiary/aromatic N) is 3. The summed E-state index contributed by atoms with van der Waals surface area (Å²) in [7, 11) is 0. The van der Waals surface area contributed by atoms with Gasteiger partial charge in [0.1, 0.15) is 11.6 Å². The minimum Gasteiger partial charge on any atom is -0.361 e. The standard InChI is InChI=1S/C18H23FN4O2/c1-14-12-15(21-25-14)13-23-10-8-22(9-11-23)7-6-18(24)20-17-5-3-2-4-16(17)19/h2-5,12H,6-11,13H2,1H3,(H,20,24). The summed E-state index contributed by atoms with van der Waals surface area (Å²) in [6.45, 7) is 7.03. The second-order valence-electron chi connectivity index (χ2n) is 6.32. The van der Waals surface area contributed by atoms with Crippen LogP contribution >= 0.6 is 0 Å². The van der Waals surface area contributed by atoms with E-state index in [-0.39, 0.29) is 11.6 Å². The number of para-hydroxylation sites is 1. The summed E-state index contributed by atoms with van der Waals surface area (Å²) >= 11 is 0. The second kappa shape index (κ2) is 8.22. The van der Waals surface area contributed by atoms with Crippen LogP contribution in [0.5, 0.6) is 0 Å².